The molecule has 0 aromatic heterocycles. The summed E-state index contributed by atoms with van der Waals surface area (Å²) in [5.41, 5.74) is 0. The highest BCUT2D eigenvalue weighted by molar-refractivity contribution is 7.47. The zero-order chi connectivity index (χ0) is 69.3. The molecule has 0 aliphatic carbocycles. The summed E-state index contributed by atoms with van der Waals surface area (Å²) in [6, 6.07) is 0. The summed E-state index contributed by atoms with van der Waals surface area (Å²) < 4.78 is 68.4. The molecular formula is C75H146O17P2. The highest BCUT2D eigenvalue weighted by atomic mass is 31.2. The van der Waals surface area contributed by atoms with Gasteiger partial charge in [0.05, 0.1) is 26.4 Å². The maximum absolute atomic E-state index is 13.1. The number of hydrogen-bond acceptors (Lipinski definition) is 15. The molecule has 0 spiro atoms. The van der Waals surface area contributed by atoms with E-state index < -0.39 is 97.5 Å². The van der Waals surface area contributed by atoms with Crippen molar-refractivity contribution in [1.82, 2.24) is 0 Å². The molecule has 0 amide bonds. The molecule has 0 rings (SSSR count). The van der Waals surface area contributed by atoms with E-state index in [4.69, 9.17) is 37.0 Å². The number of carbonyl (C=O) groups is 4. The van der Waals surface area contributed by atoms with Gasteiger partial charge in [0.2, 0.25) is 0 Å². The van der Waals surface area contributed by atoms with Gasteiger partial charge in [-0.3, -0.25) is 37.3 Å². The minimum Gasteiger partial charge on any atom is -0.462 e. The van der Waals surface area contributed by atoms with Crippen LogP contribution in [-0.2, 0) is 65.4 Å². The fourth-order valence-electron chi connectivity index (χ4n) is 11.5. The molecule has 0 saturated carbocycles. The largest absolute Gasteiger partial charge is 0.472 e. The lowest BCUT2D eigenvalue weighted by atomic mass is 10.0. The quantitative estimate of drug-likeness (QED) is 0.0222. The van der Waals surface area contributed by atoms with E-state index in [2.05, 4.69) is 41.5 Å². The number of esters is 4. The molecule has 558 valence electrons. The van der Waals surface area contributed by atoms with Crippen LogP contribution in [0.5, 0.6) is 0 Å². The molecule has 0 aliphatic heterocycles. The lowest BCUT2D eigenvalue weighted by molar-refractivity contribution is -0.161. The minimum absolute atomic E-state index is 0.105. The Bertz CT molecular complexity index is 1820. The van der Waals surface area contributed by atoms with Crippen LogP contribution >= 0.6 is 15.6 Å². The standard InChI is InChI=1S/C75H146O17P2/c1-7-9-11-13-15-17-19-20-21-22-23-24-25-26-27-29-33-41-47-53-59-74(79)91-70(63-86-73(78)58-52-46-40-34-30-31-37-43-49-55-67(3)4)65-89-93(81,82)87-61-69(76)62-88-94(83,84)90-66-71(92-75(80)60-54-48-42-36-35-38-44-50-56-68(5)6)64-85-72(77)57-51-45-39-32-28-18-16-14-12-10-8-2/h67-71,76H,7-66H2,1-6H3,(H,81,82)(H,83,84)/t69-,70-,71-/m1/s1. The zero-order valence-corrected chi connectivity index (χ0v) is 63.1. The third-order valence-electron chi connectivity index (χ3n) is 17.5. The van der Waals surface area contributed by atoms with Crippen LogP contribution in [0.1, 0.15) is 388 Å². The van der Waals surface area contributed by atoms with Gasteiger partial charge in [-0.05, 0) is 37.5 Å². The lowest BCUT2D eigenvalue weighted by Gasteiger charge is -2.21. The molecule has 0 fully saturated rings. The van der Waals surface area contributed by atoms with Gasteiger partial charge < -0.3 is 33.8 Å². The number of unbranched alkanes of at least 4 members (excludes halogenated alkanes) is 44. The lowest BCUT2D eigenvalue weighted by Crippen LogP contribution is -2.30. The van der Waals surface area contributed by atoms with Gasteiger partial charge in [-0.25, -0.2) is 9.13 Å². The van der Waals surface area contributed by atoms with Gasteiger partial charge in [-0.2, -0.15) is 0 Å². The van der Waals surface area contributed by atoms with Crippen LogP contribution in [-0.4, -0.2) is 96.7 Å². The average molecular weight is 1380 g/mol. The van der Waals surface area contributed by atoms with Crippen molar-refractivity contribution in [1.29, 1.82) is 0 Å². The molecule has 0 heterocycles. The molecule has 0 saturated heterocycles. The van der Waals surface area contributed by atoms with Crippen LogP contribution < -0.4 is 0 Å². The van der Waals surface area contributed by atoms with Gasteiger partial charge in [0.15, 0.2) is 12.2 Å². The van der Waals surface area contributed by atoms with Crippen LogP contribution in [0.25, 0.3) is 0 Å². The Morgan fingerprint density at radius 2 is 0.489 bits per heavy atom. The molecular weight excluding hydrogens is 1230 g/mol. The molecule has 0 radical (unpaired) electrons. The first-order valence-electron chi connectivity index (χ1n) is 39.0. The van der Waals surface area contributed by atoms with Crippen molar-refractivity contribution in [3.8, 4) is 0 Å². The highest BCUT2D eigenvalue weighted by Crippen LogP contribution is 2.45. The summed E-state index contributed by atoms with van der Waals surface area (Å²) in [4.78, 5) is 72.7. The Kier molecular flexibility index (Phi) is 65.5. The van der Waals surface area contributed by atoms with E-state index in [1.807, 2.05) is 0 Å². The van der Waals surface area contributed by atoms with Crippen molar-refractivity contribution < 1.29 is 80.2 Å². The van der Waals surface area contributed by atoms with Crippen LogP contribution in [0.2, 0.25) is 0 Å². The predicted octanol–water partition coefficient (Wildman–Crippen LogP) is 21.9. The number of aliphatic hydroxyl groups is 1. The number of ether oxygens (including phenoxy) is 4. The van der Waals surface area contributed by atoms with E-state index >= 15 is 0 Å². The summed E-state index contributed by atoms with van der Waals surface area (Å²) in [5, 5.41) is 10.6. The molecule has 5 atom stereocenters. The van der Waals surface area contributed by atoms with Crippen molar-refractivity contribution >= 4 is 39.5 Å². The Hall–Kier alpha value is -1.94. The predicted molar refractivity (Wildman–Crippen MR) is 381 cm³/mol. The Morgan fingerprint density at radius 1 is 0.287 bits per heavy atom. The first-order valence-corrected chi connectivity index (χ1v) is 42.0. The van der Waals surface area contributed by atoms with Crippen LogP contribution in [0, 0.1) is 11.8 Å². The maximum Gasteiger partial charge on any atom is 0.472 e. The maximum atomic E-state index is 13.1. The summed E-state index contributed by atoms with van der Waals surface area (Å²) in [7, 11) is -9.91. The number of carbonyl (C=O) groups excluding carboxylic acids is 4. The van der Waals surface area contributed by atoms with E-state index in [9.17, 15) is 43.2 Å². The third-order valence-corrected chi connectivity index (χ3v) is 19.4. The molecule has 94 heavy (non-hydrogen) atoms. The van der Waals surface area contributed by atoms with E-state index in [0.29, 0.717) is 25.7 Å². The normalized spacial score (nSPS) is 14.0. The molecule has 3 N–H and O–H groups in total. The van der Waals surface area contributed by atoms with E-state index in [-0.39, 0.29) is 25.7 Å². The highest BCUT2D eigenvalue weighted by Gasteiger charge is 2.30. The SMILES string of the molecule is CCCCCCCCCCCCCCCCCCCCCCC(=O)O[C@H](COC(=O)CCCCCCCCCCCC(C)C)COP(=O)(O)OC[C@@H](O)COP(=O)(O)OC[C@@H](COC(=O)CCCCCCCCCCCCC)OC(=O)CCCCCCCCCCC(C)C. The Balaban J connectivity index is 5.20. The topological polar surface area (TPSA) is 237 Å². The smallest absolute Gasteiger partial charge is 0.462 e. The summed E-state index contributed by atoms with van der Waals surface area (Å²) in [6.45, 7) is 9.52. The number of phosphoric acid groups is 2. The monoisotopic (exact) mass is 1380 g/mol. The number of aliphatic hydroxyl groups excluding tert-OH is 1. The van der Waals surface area contributed by atoms with E-state index in [1.54, 1.807) is 0 Å². The van der Waals surface area contributed by atoms with Gasteiger partial charge in [-0.1, -0.05) is 337 Å². The summed E-state index contributed by atoms with van der Waals surface area (Å²) >= 11 is 0. The van der Waals surface area contributed by atoms with Crippen molar-refractivity contribution in [2.24, 2.45) is 11.8 Å². The van der Waals surface area contributed by atoms with Gasteiger partial charge in [0.25, 0.3) is 0 Å². The van der Waals surface area contributed by atoms with E-state index in [0.717, 1.165) is 102 Å². The fraction of sp³-hybridized carbons (Fsp3) is 0.947. The van der Waals surface area contributed by atoms with Crippen molar-refractivity contribution in [3.63, 3.8) is 0 Å². The van der Waals surface area contributed by atoms with Crippen molar-refractivity contribution in [3.05, 3.63) is 0 Å². The molecule has 0 bridgehead atoms. The summed E-state index contributed by atoms with van der Waals surface area (Å²) in [5.74, 6) is -0.657. The van der Waals surface area contributed by atoms with Crippen molar-refractivity contribution in [2.75, 3.05) is 39.6 Å². The molecule has 0 aromatic carbocycles. The van der Waals surface area contributed by atoms with Gasteiger partial charge in [0.1, 0.15) is 19.3 Å². The number of phosphoric ester groups is 2. The third kappa shape index (κ3) is 68.6. The molecule has 0 aromatic rings. The van der Waals surface area contributed by atoms with Crippen LogP contribution in [0.3, 0.4) is 0 Å². The Morgan fingerprint density at radius 3 is 0.723 bits per heavy atom. The second-order valence-corrected chi connectivity index (χ2v) is 30.9. The summed E-state index contributed by atoms with van der Waals surface area (Å²) in [6.07, 6.45) is 54.2. The first-order chi connectivity index (χ1) is 45.4. The molecule has 17 nitrogen and oxygen atoms in total. The number of rotatable bonds is 74. The average Bonchev–Trinajstić information content (AvgIpc) is 1.20. The Labute approximate surface area is 575 Å². The van der Waals surface area contributed by atoms with Gasteiger partial charge in [-0.15, -0.1) is 0 Å². The van der Waals surface area contributed by atoms with Crippen molar-refractivity contribution in [2.45, 2.75) is 407 Å². The second-order valence-electron chi connectivity index (χ2n) is 28.0. The number of hydrogen-bond donors (Lipinski definition) is 3. The van der Waals surface area contributed by atoms with Gasteiger partial charge in [0, 0.05) is 25.7 Å². The zero-order valence-electron chi connectivity index (χ0n) is 61.3. The molecule has 19 heteroatoms. The van der Waals surface area contributed by atoms with Crippen LogP contribution in [0.15, 0.2) is 0 Å². The first kappa shape index (κ1) is 92.1. The van der Waals surface area contributed by atoms with E-state index in [1.165, 1.54) is 205 Å². The van der Waals surface area contributed by atoms with Crippen LogP contribution in [0.4, 0.5) is 0 Å². The minimum atomic E-state index is -4.96. The van der Waals surface area contributed by atoms with Gasteiger partial charge >= 0.3 is 39.5 Å². The molecule has 0 aliphatic rings. The fourth-order valence-corrected chi connectivity index (χ4v) is 13.1. The molecule has 2 unspecified atom stereocenters. The second kappa shape index (κ2) is 66.9.